The molecule has 0 heterocycles. The molecule has 1 aromatic rings. The van der Waals surface area contributed by atoms with Gasteiger partial charge in [-0.1, -0.05) is 6.07 Å². The summed E-state index contributed by atoms with van der Waals surface area (Å²) in [6, 6.07) is 4.18. The molecule has 1 aromatic carbocycles. The Labute approximate surface area is 97.0 Å². The first-order valence-electron chi connectivity index (χ1n) is 5.54. The van der Waals surface area contributed by atoms with Gasteiger partial charge in [0.25, 0.3) is 0 Å². The lowest BCUT2D eigenvalue weighted by atomic mass is 10.1. The van der Waals surface area contributed by atoms with Crippen LogP contribution in [0.5, 0.6) is 5.75 Å². The Morgan fingerprint density at radius 3 is 2.50 bits per heavy atom. The quantitative estimate of drug-likeness (QED) is 0.751. The first-order valence-corrected chi connectivity index (χ1v) is 5.54. The Morgan fingerprint density at radius 2 is 1.81 bits per heavy atom. The minimum Gasteiger partial charge on any atom is -0.491 e. The van der Waals surface area contributed by atoms with Crippen LogP contribution in [0.1, 0.15) is 16.7 Å². The molecular formula is C13H20O3. The van der Waals surface area contributed by atoms with Crippen molar-refractivity contribution in [3.05, 3.63) is 28.8 Å². The maximum atomic E-state index is 8.53. The molecular weight excluding hydrogens is 204 g/mol. The van der Waals surface area contributed by atoms with Crippen LogP contribution >= 0.6 is 0 Å². The van der Waals surface area contributed by atoms with E-state index in [-0.39, 0.29) is 6.61 Å². The van der Waals surface area contributed by atoms with Crippen LogP contribution in [-0.4, -0.2) is 31.5 Å². The zero-order valence-electron chi connectivity index (χ0n) is 10.2. The summed E-state index contributed by atoms with van der Waals surface area (Å²) in [6.07, 6.45) is 0. The van der Waals surface area contributed by atoms with Gasteiger partial charge in [-0.25, -0.2) is 0 Å². The maximum Gasteiger partial charge on any atom is 0.122 e. The summed E-state index contributed by atoms with van der Waals surface area (Å²) in [5, 5.41) is 8.53. The second-order valence-electron chi connectivity index (χ2n) is 3.89. The molecule has 0 saturated carbocycles. The largest absolute Gasteiger partial charge is 0.491 e. The third kappa shape index (κ3) is 3.83. The topological polar surface area (TPSA) is 38.7 Å². The van der Waals surface area contributed by atoms with Gasteiger partial charge >= 0.3 is 0 Å². The fraction of sp³-hybridized carbons (Fsp3) is 0.538. The van der Waals surface area contributed by atoms with Crippen LogP contribution in [0, 0.1) is 20.8 Å². The first kappa shape index (κ1) is 13.0. The van der Waals surface area contributed by atoms with E-state index in [9.17, 15) is 0 Å². The zero-order chi connectivity index (χ0) is 12.0. The molecule has 1 rings (SSSR count). The van der Waals surface area contributed by atoms with Crippen molar-refractivity contribution < 1.29 is 14.6 Å². The highest BCUT2D eigenvalue weighted by Gasteiger charge is 2.03. The van der Waals surface area contributed by atoms with Crippen molar-refractivity contribution in [3.8, 4) is 5.75 Å². The highest BCUT2D eigenvalue weighted by molar-refractivity contribution is 5.41. The van der Waals surface area contributed by atoms with Gasteiger partial charge in [-0.3, -0.25) is 0 Å². The summed E-state index contributed by atoms with van der Waals surface area (Å²) in [5.41, 5.74) is 3.62. The van der Waals surface area contributed by atoms with E-state index in [0.717, 1.165) is 5.75 Å². The van der Waals surface area contributed by atoms with Crippen LogP contribution in [0.15, 0.2) is 12.1 Å². The molecule has 0 aliphatic heterocycles. The SMILES string of the molecule is Cc1cc(C)c(C)c(OCCOCCO)c1. The van der Waals surface area contributed by atoms with E-state index in [4.69, 9.17) is 14.6 Å². The number of aliphatic hydroxyl groups excluding tert-OH is 1. The van der Waals surface area contributed by atoms with Crippen LogP contribution in [-0.2, 0) is 4.74 Å². The average Bonchev–Trinajstić information content (AvgIpc) is 2.24. The van der Waals surface area contributed by atoms with E-state index >= 15 is 0 Å². The molecule has 16 heavy (non-hydrogen) atoms. The van der Waals surface area contributed by atoms with Gasteiger partial charge in [-0.05, 0) is 43.5 Å². The molecule has 90 valence electrons. The highest BCUT2D eigenvalue weighted by atomic mass is 16.5. The summed E-state index contributed by atoms with van der Waals surface area (Å²) >= 11 is 0. The van der Waals surface area contributed by atoms with Gasteiger partial charge in [0.05, 0.1) is 19.8 Å². The van der Waals surface area contributed by atoms with Crippen LogP contribution in [0.4, 0.5) is 0 Å². The number of rotatable bonds is 6. The van der Waals surface area contributed by atoms with Crippen LogP contribution < -0.4 is 4.74 Å². The first-order chi connectivity index (χ1) is 7.65. The molecule has 3 nitrogen and oxygen atoms in total. The van der Waals surface area contributed by atoms with E-state index in [0.29, 0.717) is 19.8 Å². The van der Waals surface area contributed by atoms with Gasteiger partial charge in [0.2, 0.25) is 0 Å². The summed E-state index contributed by atoms with van der Waals surface area (Å²) < 4.78 is 10.8. The highest BCUT2D eigenvalue weighted by Crippen LogP contribution is 2.22. The lowest BCUT2D eigenvalue weighted by molar-refractivity contribution is 0.0703. The van der Waals surface area contributed by atoms with Crippen LogP contribution in [0.2, 0.25) is 0 Å². The molecule has 0 saturated heterocycles. The number of hydrogen-bond acceptors (Lipinski definition) is 3. The minimum atomic E-state index is 0.0581. The van der Waals surface area contributed by atoms with E-state index in [1.165, 1.54) is 16.7 Å². The smallest absolute Gasteiger partial charge is 0.122 e. The van der Waals surface area contributed by atoms with E-state index < -0.39 is 0 Å². The Bertz CT molecular complexity index is 334. The van der Waals surface area contributed by atoms with Gasteiger partial charge in [0, 0.05) is 0 Å². The molecule has 0 aliphatic carbocycles. The Morgan fingerprint density at radius 1 is 1.06 bits per heavy atom. The number of benzene rings is 1. The van der Waals surface area contributed by atoms with Gasteiger partial charge in [-0.15, -0.1) is 0 Å². The second-order valence-corrected chi connectivity index (χ2v) is 3.89. The fourth-order valence-corrected chi connectivity index (χ4v) is 1.53. The fourth-order valence-electron chi connectivity index (χ4n) is 1.53. The average molecular weight is 224 g/mol. The van der Waals surface area contributed by atoms with Gasteiger partial charge in [-0.2, -0.15) is 0 Å². The van der Waals surface area contributed by atoms with Crippen molar-refractivity contribution in [1.29, 1.82) is 0 Å². The van der Waals surface area contributed by atoms with Gasteiger partial charge in [0.1, 0.15) is 12.4 Å². The molecule has 0 radical (unpaired) electrons. The second kappa shape index (κ2) is 6.51. The van der Waals surface area contributed by atoms with Gasteiger partial charge in [0.15, 0.2) is 0 Å². The standard InChI is InChI=1S/C13H20O3/c1-10-8-11(2)12(3)13(9-10)16-7-6-15-5-4-14/h8-9,14H,4-7H2,1-3H3. The molecule has 0 unspecified atom stereocenters. The molecule has 0 spiro atoms. The van der Waals surface area contributed by atoms with Crippen LogP contribution in [0.3, 0.4) is 0 Å². The zero-order valence-corrected chi connectivity index (χ0v) is 10.2. The third-order valence-electron chi connectivity index (χ3n) is 2.48. The Hall–Kier alpha value is -1.06. The summed E-state index contributed by atoms with van der Waals surface area (Å²) in [4.78, 5) is 0. The number of aliphatic hydroxyl groups is 1. The van der Waals surface area contributed by atoms with Crippen molar-refractivity contribution in [2.75, 3.05) is 26.4 Å². The van der Waals surface area contributed by atoms with Gasteiger partial charge < -0.3 is 14.6 Å². The Balaban J connectivity index is 2.47. The van der Waals surface area contributed by atoms with Crippen LogP contribution in [0.25, 0.3) is 0 Å². The summed E-state index contributed by atoms with van der Waals surface area (Å²) in [5.74, 6) is 0.921. The maximum absolute atomic E-state index is 8.53. The molecule has 0 fully saturated rings. The lowest BCUT2D eigenvalue weighted by Gasteiger charge is -2.12. The molecule has 1 N–H and O–H groups in total. The predicted molar refractivity (Wildman–Crippen MR) is 64.1 cm³/mol. The predicted octanol–water partition coefficient (Wildman–Crippen LogP) is 2.00. The van der Waals surface area contributed by atoms with E-state index in [1.54, 1.807) is 0 Å². The molecule has 0 amide bonds. The Kier molecular flexibility index (Phi) is 5.29. The van der Waals surface area contributed by atoms with E-state index in [2.05, 4.69) is 26.8 Å². The van der Waals surface area contributed by atoms with Crippen molar-refractivity contribution >= 4 is 0 Å². The minimum absolute atomic E-state index is 0.0581. The molecule has 0 aromatic heterocycles. The van der Waals surface area contributed by atoms with Crippen molar-refractivity contribution in [2.45, 2.75) is 20.8 Å². The summed E-state index contributed by atoms with van der Waals surface area (Å²) in [7, 11) is 0. The number of aryl methyl sites for hydroxylation is 2. The van der Waals surface area contributed by atoms with Crippen molar-refractivity contribution in [3.63, 3.8) is 0 Å². The van der Waals surface area contributed by atoms with Crippen molar-refractivity contribution in [1.82, 2.24) is 0 Å². The molecule has 0 atom stereocenters. The number of hydrogen-bond donors (Lipinski definition) is 1. The summed E-state index contributed by atoms with van der Waals surface area (Å²) in [6.45, 7) is 7.65. The van der Waals surface area contributed by atoms with Crippen molar-refractivity contribution in [2.24, 2.45) is 0 Å². The van der Waals surface area contributed by atoms with E-state index in [1.807, 2.05) is 6.07 Å². The monoisotopic (exact) mass is 224 g/mol. The number of ether oxygens (including phenoxy) is 2. The lowest BCUT2D eigenvalue weighted by Crippen LogP contribution is -2.10. The molecule has 0 bridgehead atoms. The molecule has 3 heteroatoms. The molecule has 0 aliphatic rings. The third-order valence-corrected chi connectivity index (χ3v) is 2.48. The normalized spacial score (nSPS) is 10.5.